The van der Waals surface area contributed by atoms with Gasteiger partial charge in [-0.2, -0.15) is 0 Å². The van der Waals surface area contributed by atoms with E-state index in [2.05, 4.69) is 26.0 Å². The molecule has 0 saturated heterocycles. The predicted octanol–water partition coefficient (Wildman–Crippen LogP) is 20.4. The maximum atomic E-state index is 12.8. The molecule has 2 unspecified atom stereocenters. The summed E-state index contributed by atoms with van der Waals surface area (Å²) >= 11 is 0. The van der Waals surface area contributed by atoms with Gasteiger partial charge in [0, 0.05) is 12.8 Å². The number of phosphoric acid groups is 1. The van der Waals surface area contributed by atoms with Gasteiger partial charge in [-0.05, 0) is 38.5 Å². The van der Waals surface area contributed by atoms with Crippen LogP contribution < -0.4 is 0 Å². The molecular weight excluding hydrogens is 942 g/mol. The molecule has 0 aliphatic rings. The van der Waals surface area contributed by atoms with Crippen LogP contribution in [0.2, 0.25) is 0 Å². The van der Waals surface area contributed by atoms with Gasteiger partial charge in [0.25, 0.3) is 0 Å². The van der Waals surface area contributed by atoms with Crippen LogP contribution in [0.3, 0.4) is 0 Å². The molecule has 0 bridgehead atoms. The molecule has 0 radical (unpaired) electrons. The van der Waals surface area contributed by atoms with Gasteiger partial charge in [0.2, 0.25) is 0 Å². The van der Waals surface area contributed by atoms with Crippen molar-refractivity contribution in [2.45, 2.75) is 341 Å². The van der Waals surface area contributed by atoms with Crippen LogP contribution in [0, 0.1) is 0 Å². The van der Waals surface area contributed by atoms with Gasteiger partial charge in [-0.25, -0.2) is 4.57 Å². The van der Waals surface area contributed by atoms with Crippen LogP contribution in [-0.4, -0.2) is 74.9 Å². The molecule has 0 spiro atoms. The number of hydrogen-bond acceptors (Lipinski definition) is 7. The third-order valence-electron chi connectivity index (χ3n) is 14.8. The van der Waals surface area contributed by atoms with Crippen LogP contribution >= 0.6 is 7.82 Å². The Kier molecular flexibility index (Phi) is 55.5. The fourth-order valence-electron chi connectivity index (χ4n) is 9.78. The minimum atomic E-state index is -4.38. The van der Waals surface area contributed by atoms with E-state index in [0.717, 1.165) is 51.4 Å². The van der Waals surface area contributed by atoms with Crippen molar-refractivity contribution < 1.29 is 42.1 Å². The summed E-state index contributed by atoms with van der Waals surface area (Å²) < 4.78 is 34.6. The van der Waals surface area contributed by atoms with E-state index < -0.39 is 26.5 Å². The monoisotopic (exact) mass is 1070 g/mol. The first-order valence-electron chi connectivity index (χ1n) is 32.4. The molecule has 0 saturated carbocycles. The number of esters is 2. The van der Waals surface area contributed by atoms with Crippen LogP contribution in [0.1, 0.15) is 335 Å². The van der Waals surface area contributed by atoms with E-state index in [1.165, 1.54) is 250 Å². The van der Waals surface area contributed by atoms with Gasteiger partial charge < -0.3 is 18.9 Å². The standard InChI is InChI=1S/C64H126NO8P/c1-6-8-10-12-14-16-18-20-22-23-24-25-26-27-28-29-30-31-32-33-34-35-36-37-38-39-40-41-43-44-46-48-50-52-54-56-63(66)70-60-62(61-72-74(68,69)71-59-58-65(3,4)5)73-64(67)57-55-53-51-49-47-45-42-21-19-17-15-13-11-9-7-2/h21,42,62H,6-20,22-41,43-61H2,1-5H3/p+1/b42-21-. The Bertz CT molecular complexity index is 1260. The molecule has 0 aromatic rings. The lowest BCUT2D eigenvalue weighted by molar-refractivity contribution is -0.870. The van der Waals surface area contributed by atoms with Crippen molar-refractivity contribution in [3.05, 3.63) is 12.2 Å². The minimum absolute atomic E-state index is 0.0337. The summed E-state index contributed by atoms with van der Waals surface area (Å²) in [5.74, 6) is -0.789. The van der Waals surface area contributed by atoms with Gasteiger partial charge in [0.05, 0.1) is 27.7 Å². The van der Waals surface area contributed by atoms with Gasteiger partial charge in [0.1, 0.15) is 19.8 Å². The van der Waals surface area contributed by atoms with Crippen LogP contribution in [0.4, 0.5) is 0 Å². The first-order valence-corrected chi connectivity index (χ1v) is 33.9. The Morgan fingerprint density at radius 2 is 0.689 bits per heavy atom. The second-order valence-corrected chi connectivity index (χ2v) is 25.0. The summed E-state index contributed by atoms with van der Waals surface area (Å²) in [7, 11) is 1.49. The molecular formula is C64H127NO8P+. The SMILES string of the molecule is CCCCCCCC/C=C\CCCCCCCC(=O)OC(COC(=O)CCCCCCCCCCCCCCCCCCCCCCCCCCCCCCCCCCCCC)COP(=O)(O)OCC[N+](C)(C)C. The number of likely N-dealkylation sites (N-methyl/N-ethyl adjacent to an activating group) is 1. The number of quaternary nitrogens is 1. The highest BCUT2D eigenvalue weighted by Crippen LogP contribution is 2.43. The average molecular weight is 1070 g/mol. The smallest absolute Gasteiger partial charge is 0.462 e. The van der Waals surface area contributed by atoms with Crippen LogP contribution in [0.5, 0.6) is 0 Å². The fraction of sp³-hybridized carbons (Fsp3) is 0.938. The molecule has 0 rings (SSSR count). The summed E-state index contributed by atoms with van der Waals surface area (Å²) in [5, 5.41) is 0. The topological polar surface area (TPSA) is 108 Å². The van der Waals surface area contributed by atoms with Crippen LogP contribution in [-0.2, 0) is 32.7 Å². The number of ether oxygens (including phenoxy) is 2. The Labute approximate surface area is 460 Å². The number of unbranched alkanes of at least 4 members (excludes halogenated alkanes) is 45. The quantitative estimate of drug-likeness (QED) is 0.0211. The third-order valence-corrected chi connectivity index (χ3v) is 15.8. The Balaban J connectivity index is 3.89. The molecule has 2 atom stereocenters. The van der Waals surface area contributed by atoms with E-state index in [0.29, 0.717) is 23.9 Å². The second kappa shape index (κ2) is 56.5. The van der Waals surface area contributed by atoms with E-state index in [1.807, 2.05) is 21.1 Å². The summed E-state index contributed by atoms with van der Waals surface area (Å²) in [6.07, 6.45) is 67.6. The normalized spacial score (nSPS) is 13.2. The number of allylic oxidation sites excluding steroid dienone is 2. The van der Waals surface area contributed by atoms with E-state index in [4.69, 9.17) is 18.5 Å². The highest BCUT2D eigenvalue weighted by molar-refractivity contribution is 7.47. The largest absolute Gasteiger partial charge is 0.472 e. The predicted molar refractivity (Wildman–Crippen MR) is 317 cm³/mol. The van der Waals surface area contributed by atoms with Crippen molar-refractivity contribution in [3.63, 3.8) is 0 Å². The summed E-state index contributed by atoms with van der Waals surface area (Å²) in [4.78, 5) is 35.7. The second-order valence-electron chi connectivity index (χ2n) is 23.5. The molecule has 0 aliphatic heterocycles. The van der Waals surface area contributed by atoms with Crippen LogP contribution in [0.15, 0.2) is 12.2 Å². The van der Waals surface area contributed by atoms with Gasteiger partial charge in [-0.1, -0.05) is 296 Å². The molecule has 0 aromatic carbocycles. The van der Waals surface area contributed by atoms with Crippen molar-refractivity contribution in [2.75, 3.05) is 47.5 Å². The highest BCUT2D eigenvalue weighted by atomic mass is 31.2. The van der Waals surface area contributed by atoms with Crippen molar-refractivity contribution in [1.82, 2.24) is 0 Å². The zero-order valence-corrected chi connectivity index (χ0v) is 51.0. The van der Waals surface area contributed by atoms with Gasteiger partial charge in [-0.3, -0.25) is 18.6 Å². The molecule has 0 aromatic heterocycles. The Morgan fingerprint density at radius 3 is 1.00 bits per heavy atom. The zero-order valence-electron chi connectivity index (χ0n) is 50.1. The van der Waals surface area contributed by atoms with Crippen molar-refractivity contribution in [2.24, 2.45) is 0 Å². The molecule has 74 heavy (non-hydrogen) atoms. The third kappa shape index (κ3) is 60.0. The van der Waals surface area contributed by atoms with Gasteiger partial charge in [-0.15, -0.1) is 0 Å². The molecule has 10 heteroatoms. The van der Waals surface area contributed by atoms with E-state index in [9.17, 15) is 19.0 Å². The highest BCUT2D eigenvalue weighted by Gasteiger charge is 2.27. The molecule has 0 heterocycles. The number of phosphoric ester groups is 1. The first kappa shape index (κ1) is 72.8. The van der Waals surface area contributed by atoms with Crippen LogP contribution in [0.25, 0.3) is 0 Å². The number of hydrogen-bond donors (Lipinski definition) is 1. The maximum Gasteiger partial charge on any atom is 0.472 e. The molecule has 440 valence electrons. The molecule has 1 N–H and O–H groups in total. The van der Waals surface area contributed by atoms with E-state index >= 15 is 0 Å². The summed E-state index contributed by atoms with van der Waals surface area (Å²) in [6.45, 7) is 4.48. The lowest BCUT2D eigenvalue weighted by Crippen LogP contribution is -2.37. The van der Waals surface area contributed by atoms with E-state index in [1.54, 1.807) is 0 Å². The minimum Gasteiger partial charge on any atom is -0.462 e. The summed E-state index contributed by atoms with van der Waals surface area (Å²) in [6, 6.07) is 0. The number of carbonyl (C=O) groups is 2. The molecule has 0 fully saturated rings. The van der Waals surface area contributed by atoms with Crippen molar-refractivity contribution in [3.8, 4) is 0 Å². The lowest BCUT2D eigenvalue weighted by atomic mass is 10.0. The zero-order chi connectivity index (χ0) is 54.2. The number of nitrogens with zero attached hydrogens (tertiary/aromatic N) is 1. The Morgan fingerprint density at radius 1 is 0.405 bits per heavy atom. The average Bonchev–Trinajstić information content (AvgIpc) is 3.36. The number of rotatable bonds is 61. The molecule has 9 nitrogen and oxygen atoms in total. The van der Waals surface area contributed by atoms with Gasteiger partial charge in [0.15, 0.2) is 6.10 Å². The molecule has 0 amide bonds. The summed E-state index contributed by atoms with van der Waals surface area (Å²) in [5.41, 5.74) is 0. The van der Waals surface area contributed by atoms with E-state index in [-0.39, 0.29) is 25.6 Å². The van der Waals surface area contributed by atoms with Crippen molar-refractivity contribution in [1.29, 1.82) is 0 Å². The number of carbonyl (C=O) groups excluding carboxylic acids is 2. The van der Waals surface area contributed by atoms with Gasteiger partial charge >= 0.3 is 19.8 Å². The molecule has 0 aliphatic carbocycles. The first-order chi connectivity index (χ1) is 36.0. The lowest BCUT2D eigenvalue weighted by Gasteiger charge is -2.24. The fourth-order valence-corrected chi connectivity index (χ4v) is 10.5. The Hall–Kier alpha value is -1.25. The van der Waals surface area contributed by atoms with Crippen molar-refractivity contribution >= 4 is 19.8 Å². The maximum absolute atomic E-state index is 12.8.